The molecule has 1 saturated carbocycles. The highest BCUT2D eigenvalue weighted by Gasteiger charge is 2.31. The summed E-state index contributed by atoms with van der Waals surface area (Å²) in [4.78, 5) is 0. The van der Waals surface area contributed by atoms with Crippen LogP contribution in [-0.2, 0) is 4.74 Å². The second-order valence-corrected chi connectivity index (χ2v) is 6.15. The highest BCUT2D eigenvalue weighted by molar-refractivity contribution is 6.30. The van der Waals surface area contributed by atoms with E-state index in [9.17, 15) is 0 Å². The zero-order valence-electron chi connectivity index (χ0n) is 12.6. The molecule has 1 fully saturated rings. The molecule has 2 nitrogen and oxygen atoms in total. The summed E-state index contributed by atoms with van der Waals surface area (Å²) in [6, 6.07) is 8.67. The van der Waals surface area contributed by atoms with Gasteiger partial charge in [-0.1, -0.05) is 30.7 Å². The van der Waals surface area contributed by atoms with E-state index in [2.05, 4.69) is 31.3 Å². The SMILES string of the molecule is CCCNC(CC1CC(OCC)C1)c1cccc(Cl)c1. The molecule has 2 rings (SSSR count). The van der Waals surface area contributed by atoms with E-state index in [0.717, 1.165) is 30.5 Å². The van der Waals surface area contributed by atoms with E-state index < -0.39 is 0 Å². The Morgan fingerprint density at radius 2 is 2.15 bits per heavy atom. The second kappa shape index (κ2) is 8.02. The van der Waals surface area contributed by atoms with E-state index in [4.69, 9.17) is 16.3 Å². The first-order valence-corrected chi connectivity index (χ1v) is 8.21. The van der Waals surface area contributed by atoms with Gasteiger partial charge in [0.15, 0.2) is 0 Å². The molecule has 112 valence electrons. The molecule has 0 spiro atoms. The maximum Gasteiger partial charge on any atom is 0.0580 e. The molecule has 0 bridgehead atoms. The highest BCUT2D eigenvalue weighted by atomic mass is 35.5. The predicted molar refractivity (Wildman–Crippen MR) is 85.2 cm³/mol. The molecule has 0 heterocycles. The van der Waals surface area contributed by atoms with Crippen LogP contribution in [-0.4, -0.2) is 19.3 Å². The lowest BCUT2D eigenvalue weighted by Gasteiger charge is -2.37. The van der Waals surface area contributed by atoms with Crippen LogP contribution in [0.15, 0.2) is 24.3 Å². The van der Waals surface area contributed by atoms with Crippen molar-refractivity contribution in [1.82, 2.24) is 5.32 Å². The molecule has 1 aromatic rings. The molecule has 1 aliphatic carbocycles. The Bertz CT molecular complexity index is 404. The number of hydrogen-bond donors (Lipinski definition) is 1. The first-order valence-electron chi connectivity index (χ1n) is 7.83. The van der Waals surface area contributed by atoms with Gasteiger partial charge in [0, 0.05) is 17.7 Å². The quantitative estimate of drug-likeness (QED) is 0.757. The van der Waals surface area contributed by atoms with Crippen molar-refractivity contribution >= 4 is 11.6 Å². The number of hydrogen-bond acceptors (Lipinski definition) is 2. The summed E-state index contributed by atoms with van der Waals surface area (Å²) < 4.78 is 5.65. The molecule has 0 saturated heterocycles. The molecular weight excluding hydrogens is 270 g/mol. The zero-order valence-corrected chi connectivity index (χ0v) is 13.3. The fourth-order valence-electron chi connectivity index (χ4n) is 2.95. The number of rotatable bonds is 8. The summed E-state index contributed by atoms with van der Waals surface area (Å²) in [6.45, 7) is 6.17. The summed E-state index contributed by atoms with van der Waals surface area (Å²) in [5.41, 5.74) is 1.31. The van der Waals surface area contributed by atoms with Crippen molar-refractivity contribution in [2.45, 2.75) is 51.7 Å². The average Bonchev–Trinajstić information content (AvgIpc) is 2.40. The smallest absolute Gasteiger partial charge is 0.0580 e. The molecule has 0 aromatic heterocycles. The van der Waals surface area contributed by atoms with Gasteiger partial charge >= 0.3 is 0 Å². The Morgan fingerprint density at radius 3 is 2.80 bits per heavy atom. The predicted octanol–water partition coefficient (Wildman–Crippen LogP) is 4.59. The summed E-state index contributed by atoms with van der Waals surface area (Å²) >= 11 is 6.12. The third-order valence-electron chi connectivity index (χ3n) is 4.06. The lowest BCUT2D eigenvalue weighted by molar-refractivity contribution is -0.0291. The van der Waals surface area contributed by atoms with E-state index in [-0.39, 0.29) is 0 Å². The van der Waals surface area contributed by atoms with Gasteiger partial charge in [0.1, 0.15) is 0 Å². The monoisotopic (exact) mass is 295 g/mol. The third-order valence-corrected chi connectivity index (χ3v) is 4.29. The minimum atomic E-state index is 0.418. The highest BCUT2D eigenvalue weighted by Crippen LogP contribution is 2.37. The van der Waals surface area contributed by atoms with Crippen molar-refractivity contribution in [3.05, 3.63) is 34.9 Å². The maximum atomic E-state index is 6.12. The van der Waals surface area contributed by atoms with Gasteiger partial charge in [-0.25, -0.2) is 0 Å². The fourth-order valence-corrected chi connectivity index (χ4v) is 3.15. The first-order chi connectivity index (χ1) is 9.72. The molecule has 1 aromatic carbocycles. The van der Waals surface area contributed by atoms with E-state index in [1.54, 1.807) is 0 Å². The summed E-state index contributed by atoms with van der Waals surface area (Å²) in [7, 11) is 0. The van der Waals surface area contributed by atoms with Crippen LogP contribution in [0.1, 0.15) is 51.1 Å². The Kier molecular flexibility index (Phi) is 6.34. The molecule has 0 radical (unpaired) electrons. The van der Waals surface area contributed by atoms with Gasteiger partial charge in [0.25, 0.3) is 0 Å². The van der Waals surface area contributed by atoms with Gasteiger partial charge in [-0.05, 0) is 62.8 Å². The van der Waals surface area contributed by atoms with Gasteiger partial charge in [0.2, 0.25) is 0 Å². The van der Waals surface area contributed by atoms with Crippen LogP contribution in [0.25, 0.3) is 0 Å². The minimum Gasteiger partial charge on any atom is -0.378 e. The molecule has 20 heavy (non-hydrogen) atoms. The van der Waals surface area contributed by atoms with E-state index in [0.29, 0.717) is 12.1 Å². The molecule has 0 amide bonds. The summed E-state index contributed by atoms with van der Waals surface area (Å²) in [6.07, 6.45) is 5.25. The van der Waals surface area contributed by atoms with Crippen molar-refractivity contribution in [1.29, 1.82) is 0 Å². The average molecular weight is 296 g/mol. The molecule has 1 N–H and O–H groups in total. The molecule has 1 unspecified atom stereocenters. The lowest BCUT2D eigenvalue weighted by Crippen LogP contribution is -2.35. The molecule has 3 heteroatoms. The van der Waals surface area contributed by atoms with Crippen LogP contribution in [0.4, 0.5) is 0 Å². The van der Waals surface area contributed by atoms with Crippen LogP contribution in [0.3, 0.4) is 0 Å². The van der Waals surface area contributed by atoms with Crippen molar-refractivity contribution in [3.63, 3.8) is 0 Å². The zero-order chi connectivity index (χ0) is 14.4. The molecule has 0 aliphatic heterocycles. The molecular formula is C17H26ClNO. The largest absolute Gasteiger partial charge is 0.378 e. The van der Waals surface area contributed by atoms with Crippen LogP contribution in [0.5, 0.6) is 0 Å². The Balaban J connectivity index is 1.91. The van der Waals surface area contributed by atoms with E-state index in [1.165, 1.54) is 24.8 Å². The minimum absolute atomic E-state index is 0.418. The van der Waals surface area contributed by atoms with Crippen LogP contribution in [0.2, 0.25) is 5.02 Å². The standard InChI is InChI=1S/C17H26ClNO/c1-3-8-19-17(14-6-5-7-15(18)12-14)11-13-9-16(10-13)20-4-2/h5-7,12-13,16-17,19H,3-4,8-11H2,1-2H3. The fraction of sp³-hybridized carbons (Fsp3) is 0.647. The number of ether oxygens (including phenoxy) is 1. The maximum absolute atomic E-state index is 6.12. The number of benzene rings is 1. The van der Waals surface area contributed by atoms with Gasteiger partial charge in [-0.2, -0.15) is 0 Å². The Hall–Kier alpha value is -0.570. The number of halogens is 1. The second-order valence-electron chi connectivity index (χ2n) is 5.71. The van der Waals surface area contributed by atoms with Crippen LogP contribution >= 0.6 is 11.6 Å². The van der Waals surface area contributed by atoms with Gasteiger partial charge in [-0.3, -0.25) is 0 Å². The van der Waals surface area contributed by atoms with Gasteiger partial charge in [-0.15, -0.1) is 0 Å². The molecule has 1 atom stereocenters. The van der Waals surface area contributed by atoms with Crippen LogP contribution in [0, 0.1) is 5.92 Å². The Labute approximate surface area is 127 Å². The van der Waals surface area contributed by atoms with E-state index >= 15 is 0 Å². The summed E-state index contributed by atoms with van der Waals surface area (Å²) in [5.74, 6) is 0.778. The van der Waals surface area contributed by atoms with Gasteiger partial charge < -0.3 is 10.1 Å². The molecule has 1 aliphatic rings. The van der Waals surface area contributed by atoms with Crippen molar-refractivity contribution < 1.29 is 4.74 Å². The van der Waals surface area contributed by atoms with Crippen LogP contribution < -0.4 is 5.32 Å². The van der Waals surface area contributed by atoms with Crippen molar-refractivity contribution in [3.8, 4) is 0 Å². The van der Waals surface area contributed by atoms with Gasteiger partial charge in [0.05, 0.1) is 6.10 Å². The van der Waals surface area contributed by atoms with E-state index in [1.807, 2.05) is 12.1 Å². The summed E-state index contributed by atoms with van der Waals surface area (Å²) in [5, 5.41) is 4.48. The first kappa shape index (κ1) is 15.8. The topological polar surface area (TPSA) is 21.3 Å². The lowest BCUT2D eigenvalue weighted by atomic mass is 9.77. The normalized spacial score (nSPS) is 23.4. The van der Waals surface area contributed by atoms with Crippen molar-refractivity contribution in [2.75, 3.05) is 13.2 Å². The number of nitrogens with one attached hydrogen (secondary N) is 1. The Morgan fingerprint density at radius 1 is 1.35 bits per heavy atom. The third kappa shape index (κ3) is 4.47. The van der Waals surface area contributed by atoms with Crippen molar-refractivity contribution in [2.24, 2.45) is 5.92 Å².